The third kappa shape index (κ3) is 1.73. The summed E-state index contributed by atoms with van der Waals surface area (Å²) in [5.74, 6) is -0.371. The van der Waals surface area contributed by atoms with Gasteiger partial charge in [0.1, 0.15) is 0 Å². The highest BCUT2D eigenvalue weighted by Crippen LogP contribution is 2.39. The second kappa shape index (κ2) is 4.43. The van der Waals surface area contributed by atoms with Gasteiger partial charge in [-0.2, -0.15) is 4.98 Å². The van der Waals surface area contributed by atoms with Crippen LogP contribution in [-0.4, -0.2) is 42.4 Å². The lowest BCUT2D eigenvalue weighted by molar-refractivity contribution is 0.101. The Balaban J connectivity index is 2.12. The number of rotatable bonds is 2. The van der Waals surface area contributed by atoms with Crippen molar-refractivity contribution in [1.29, 1.82) is 0 Å². The van der Waals surface area contributed by atoms with Gasteiger partial charge in [0.15, 0.2) is 11.2 Å². The van der Waals surface area contributed by atoms with Gasteiger partial charge in [-0.3, -0.25) is 9.78 Å². The van der Waals surface area contributed by atoms with Gasteiger partial charge in [0, 0.05) is 5.92 Å². The zero-order valence-corrected chi connectivity index (χ0v) is 10.7. The van der Waals surface area contributed by atoms with E-state index in [-0.39, 0.29) is 30.0 Å². The lowest BCUT2D eigenvalue weighted by Crippen LogP contribution is -2.17. The molecule has 3 atom stereocenters. The van der Waals surface area contributed by atoms with Gasteiger partial charge in [-0.15, -0.1) is 0 Å². The number of nitrogens with zero attached hydrogens (tertiary/aromatic N) is 3. The summed E-state index contributed by atoms with van der Waals surface area (Å²) in [6.45, 7) is 3.76. The molecule has 0 radical (unpaired) electrons. The largest absolute Gasteiger partial charge is 0.396 e. The van der Waals surface area contributed by atoms with Crippen molar-refractivity contribution in [1.82, 2.24) is 19.5 Å². The molecule has 8 nitrogen and oxygen atoms in total. The van der Waals surface area contributed by atoms with E-state index in [1.807, 2.05) is 0 Å². The van der Waals surface area contributed by atoms with Crippen LogP contribution in [0.25, 0.3) is 11.2 Å². The van der Waals surface area contributed by atoms with Crippen molar-refractivity contribution in [3.8, 4) is 0 Å². The Kier molecular flexibility index (Phi) is 2.84. The molecule has 106 valence electrons. The normalized spacial score (nSPS) is 26.5. The average Bonchev–Trinajstić information content (AvgIpc) is 2.91. The number of hydrogen-bond acceptors (Lipinski definition) is 6. The van der Waals surface area contributed by atoms with Crippen molar-refractivity contribution >= 4 is 17.1 Å². The number of aromatic amines is 1. The summed E-state index contributed by atoms with van der Waals surface area (Å²) in [5, 5.41) is 19.2. The topological polar surface area (TPSA) is 130 Å². The minimum Gasteiger partial charge on any atom is -0.396 e. The maximum absolute atomic E-state index is 11.7. The molecule has 1 aliphatic rings. The van der Waals surface area contributed by atoms with Crippen LogP contribution in [0.5, 0.6) is 0 Å². The molecule has 2 unspecified atom stereocenters. The monoisotopic (exact) mass is 277 g/mol. The van der Waals surface area contributed by atoms with E-state index in [2.05, 4.69) is 21.5 Å². The molecule has 3 rings (SSSR count). The number of aliphatic hydroxyl groups excluding tert-OH is 2. The van der Waals surface area contributed by atoms with Crippen molar-refractivity contribution in [3.63, 3.8) is 0 Å². The molecule has 1 aliphatic carbocycles. The van der Waals surface area contributed by atoms with E-state index in [0.29, 0.717) is 17.6 Å². The molecule has 0 aliphatic heterocycles. The number of nitrogens with one attached hydrogen (secondary N) is 1. The molecule has 20 heavy (non-hydrogen) atoms. The molecule has 2 aromatic heterocycles. The van der Waals surface area contributed by atoms with Crippen LogP contribution in [0.1, 0.15) is 12.5 Å². The van der Waals surface area contributed by atoms with Crippen molar-refractivity contribution in [2.45, 2.75) is 18.6 Å². The minimum absolute atomic E-state index is 0.00659. The Morgan fingerprint density at radius 1 is 1.60 bits per heavy atom. The number of nitrogens with two attached hydrogens (primary N) is 1. The van der Waals surface area contributed by atoms with Crippen LogP contribution in [0, 0.1) is 5.92 Å². The molecular weight excluding hydrogens is 262 g/mol. The van der Waals surface area contributed by atoms with Crippen molar-refractivity contribution in [3.05, 3.63) is 28.8 Å². The highest BCUT2D eigenvalue weighted by Gasteiger charge is 2.37. The van der Waals surface area contributed by atoms with Crippen LogP contribution in [0.15, 0.2) is 23.3 Å². The Labute approximate surface area is 113 Å². The van der Waals surface area contributed by atoms with Crippen molar-refractivity contribution in [2.75, 3.05) is 12.3 Å². The van der Waals surface area contributed by atoms with Gasteiger partial charge in [-0.05, 0) is 12.0 Å². The van der Waals surface area contributed by atoms with Crippen LogP contribution in [0.2, 0.25) is 0 Å². The number of aliphatic hydroxyl groups is 2. The Bertz CT molecular complexity index is 734. The van der Waals surface area contributed by atoms with E-state index >= 15 is 0 Å². The Morgan fingerprint density at radius 2 is 2.35 bits per heavy atom. The van der Waals surface area contributed by atoms with Crippen LogP contribution >= 0.6 is 0 Å². The SMILES string of the molecule is C=C1C(CO)[C@H](O)CC1n1cnc2c(=O)[nH]c(N)nc21. The molecule has 0 saturated heterocycles. The summed E-state index contributed by atoms with van der Waals surface area (Å²) in [4.78, 5) is 22.2. The molecule has 1 saturated carbocycles. The standard InChI is InChI=1S/C12H15N5O3/c1-5-6(3-18)8(19)2-7(5)17-4-14-9-10(17)15-12(13)16-11(9)20/h4,6-8,18-19H,1-3H2,(H3,13,15,16,20)/t6?,7?,8-/m1/s1. The molecule has 5 N–H and O–H groups in total. The van der Waals surface area contributed by atoms with Crippen molar-refractivity contribution in [2.24, 2.45) is 5.92 Å². The maximum Gasteiger partial charge on any atom is 0.280 e. The number of imidazole rings is 1. The van der Waals surface area contributed by atoms with Gasteiger partial charge < -0.3 is 20.5 Å². The average molecular weight is 277 g/mol. The first-order valence-electron chi connectivity index (χ1n) is 6.23. The number of aromatic nitrogens is 4. The van der Waals surface area contributed by atoms with Gasteiger partial charge >= 0.3 is 0 Å². The van der Waals surface area contributed by atoms with E-state index in [0.717, 1.165) is 0 Å². The van der Waals surface area contributed by atoms with Crippen molar-refractivity contribution < 1.29 is 10.2 Å². The molecule has 0 spiro atoms. The fourth-order valence-corrected chi connectivity index (χ4v) is 2.74. The minimum atomic E-state index is -0.672. The molecule has 2 aromatic rings. The van der Waals surface area contributed by atoms with Gasteiger partial charge in [-0.1, -0.05) is 6.58 Å². The molecule has 0 amide bonds. The summed E-state index contributed by atoms with van der Waals surface area (Å²) >= 11 is 0. The van der Waals surface area contributed by atoms with Gasteiger partial charge in [0.2, 0.25) is 5.95 Å². The van der Waals surface area contributed by atoms with Crippen LogP contribution in [0.4, 0.5) is 5.95 Å². The summed E-state index contributed by atoms with van der Waals surface area (Å²) in [7, 11) is 0. The predicted octanol–water partition coefficient (Wildman–Crippen LogP) is -0.828. The quantitative estimate of drug-likeness (QED) is 0.530. The zero-order chi connectivity index (χ0) is 14.4. The van der Waals surface area contributed by atoms with E-state index in [4.69, 9.17) is 5.73 Å². The van der Waals surface area contributed by atoms with E-state index in [9.17, 15) is 15.0 Å². The van der Waals surface area contributed by atoms with Gasteiger partial charge in [-0.25, -0.2) is 4.98 Å². The highest BCUT2D eigenvalue weighted by atomic mass is 16.3. The molecule has 8 heteroatoms. The summed E-state index contributed by atoms with van der Waals surface area (Å²) in [6, 6.07) is -0.263. The predicted molar refractivity (Wildman–Crippen MR) is 71.9 cm³/mol. The van der Waals surface area contributed by atoms with E-state index in [1.54, 1.807) is 4.57 Å². The lowest BCUT2D eigenvalue weighted by Gasteiger charge is -2.15. The fourth-order valence-electron chi connectivity index (χ4n) is 2.74. The van der Waals surface area contributed by atoms with E-state index < -0.39 is 11.7 Å². The fraction of sp³-hybridized carbons (Fsp3) is 0.417. The molecule has 0 aromatic carbocycles. The number of anilines is 1. The lowest BCUT2D eigenvalue weighted by atomic mass is 10.0. The first-order chi connectivity index (χ1) is 9.52. The first kappa shape index (κ1) is 12.8. The number of hydrogen-bond donors (Lipinski definition) is 4. The molecular formula is C12H15N5O3. The maximum atomic E-state index is 11.7. The highest BCUT2D eigenvalue weighted by molar-refractivity contribution is 5.70. The zero-order valence-electron chi connectivity index (χ0n) is 10.7. The third-order valence-electron chi connectivity index (χ3n) is 3.82. The first-order valence-corrected chi connectivity index (χ1v) is 6.23. The summed E-state index contributed by atoms with van der Waals surface area (Å²) < 4.78 is 1.67. The molecule has 0 bridgehead atoms. The second-order valence-corrected chi connectivity index (χ2v) is 4.96. The summed E-state index contributed by atoms with van der Waals surface area (Å²) in [6.07, 6.45) is 1.20. The summed E-state index contributed by atoms with van der Waals surface area (Å²) in [5.41, 5.74) is 6.37. The van der Waals surface area contributed by atoms with Crippen LogP contribution in [0.3, 0.4) is 0 Å². The number of H-pyrrole nitrogens is 1. The van der Waals surface area contributed by atoms with Crippen LogP contribution in [-0.2, 0) is 0 Å². The molecule has 2 heterocycles. The smallest absolute Gasteiger partial charge is 0.280 e. The Morgan fingerprint density at radius 3 is 3.00 bits per heavy atom. The second-order valence-electron chi connectivity index (χ2n) is 4.96. The number of nitrogen functional groups attached to an aromatic ring is 1. The Hall–Kier alpha value is -2.19. The van der Waals surface area contributed by atoms with Gasteiger partial charge in [0.25, 0.3) is 5.56 Å². The third-order valence-corrected chi connectivity index (χ3v) is 3.82. The van der Waals surface area contributed by atoms with Gasteiger partial charge in [0.05, 0.1) is 25.1 Å². The molecule has 1 fully saturated rings. The van der Waals surface area contributed by atoms with Crippen LogP contribution < -0.4 is 11.3 Å². The number of fused-ring (bicyclic) bond motifs is 1. The van der Waals surface area contributed by atoms with E-state index in [1.165, 1.54) is 6.33 Å².